The molecule has 6 N–H and O–H groups in total. The summed E-state index contributed by atoms with van der Waals surface area (Å²) in [5, 5.41) is 27.2. The van der Waals surface area contributed by atoms with Crippen LogP contribution in [0.3, 0.4) is 0 Å². The predicted octanol–water partition coefficient (Wildman–Crippen LogP) is 20.9. The van der Waals surface area contributed by atoms with Gasteiger partial charge in [0.2, 0.25) is 0 Å². The first-order chi connectivity index (χ1) is 51.8. The number of fused-ring (bicyclic) bond motifs is 6. The monoisotopic (exact) mass is 1600 g/mol. The third-order valence-corrected chi connectivity index (χ3v) is 31.1. The second-order valence-corrected chi connectivity index (χ2v) is 38.3. The maximum absolute atomic E-state index is 10.5. The molecule has 0 bridgehead atoms. The fourth-order valence-corrected chi connectivity index (χ4v) is 25.6. The van der Waals surface area contributed by atoms with Crippen LogP contribution in [-0.2, 0) is 4.79 Å². The Balaban J connectivity index is 0.000000136. The molecule has 107 heavy (non-hydrogen) atoms. The van der Waals surface area contributed by atoms with Gasteiger partial charge in [0, 0.05) is 95.0 Å². The number of H-pyrrole nitrogens is 4. The van der Waals surface area contributed by atoms with Gasteiger partial charge in [-0.05, 0) is 251 Å². The third kappa shape index (κ3) is 20.9. The minimum Gasteiger partial charge on any atom is -0.857 e. The van der Waals surface area contributed by atoms with Gasteiger partial charge in [0.15, 0.2) is 13.8 Å². The summed E-state index contributed by atoms with van der Waals surface area (Å²) in [4.78, 5) is 45.6. The number of Topliss-reactive ketones (excluding diaryl/α,β-unsaturated/α-hetero) is 1. The molecule has 0 amide bonds. The van der Waals surface area contributed by atoms with Crippen LogP contribution in [0.1, 0.15) is 285 Å². The largest absolute Gasteiger partial charge is 1.00 e. The molecule has 18 rings (SSSR count). The normalized spacial score (nSPS) is 17.0. The molecule has 11 aromatic heterocycles. The minimum atomic E-state index is -1.80. The molecule has 0 saturated heterocycles. The zero-order chi connectivity index (χ0) is 74.4. The van der Waals surface area contributed by atoms with E-state index in [1.807, 2.05) is 54.9 Å². The molecule has 0 aromatic carbocycles. The molecule has 0 atom stereocenters. The molecule has 15 nitrogen and oxygen atoms in total. The number of allylic oxidation sites excluding steroid dienone is 2. The SMILES string of the molecule is Brc1ccc2c(C3CCCCC3)c[nH]c2n1.C1=C(c2c[nH]c3ncccc23)CCCC1.CC(C)[Si](C(C)C)(C(C)C)n1cc(C2CCCCC2)c2ccc(Br)nc21.C[O-].O=C1CCCCC1.O[n+]1cccc2c(C3CCCCC3)c[nH]c21.[C+]1=Cc2cccnc2N1.[Na+].c1cnc2[nH]cc(C3CCCCC3)c2c1. The van der Waals surface area contributed by atoms with E-state index in [1.54, 1.807) is 18.0 Å². The molecule has 12 heterocycles. The quantitative estimate of drug-likeness (QED) is 0.0267. The van der Waals surface area contributed by atoms with Crippen molar-refractivity contribution in [3.8, 4) is 0 Å². The van der Waals surface area contributed by atoms with Crippen LogP contribution in [-0.4, -0.2) is 75.4 Å². The molecule has 19 heteroatoms. The zero-order valence-electron chi connectivity index (χ0n) is 65.0. The first kappa shape index (κ1) is 82.9. The van der Waals surface area contributed by atoms with Gasteiger partial charge in [-0.2, -0.15) is 17.4 Å². The van der Waals surface area contributed by atoms with Crippen LogP contribution in [0, 0.1) is 6.20 Å². The van der Waals surface area contributed by atoms with E-state index in [2.05, 4.69) is 202 Å². The van der Waals surface area contributed by atoms with E-state index >= 15 is 0 Å². The first-order valence-electron chi connectivity index (χ1n) is 40.0. The van der Waals surface area contributed by atoms with Gasteiger partial charge in [0.25, 0.3) is 5.82 Å². The van der Waals surface area contributed by atoms with Crippen LogP contribution < -0.4 is 44.7 Å². The number of aromatic nitrogens is 11. The molecule has 562 valence electrons. The summed E-state index contributed by atoms with van der Waals surface area (Å²) in [6.07, 6.45) is 62.7. The van der Waals surface area contributed by atoms with Gasteiger partial charge in [0.1, 0.15) is 56.1 Å². The van der Waals surface area contributed by atoms with Gasteiger partial charge in [-0.25, -0.2) is 24.9 Å². The zero-order valence-corrected chi connectivity index (χ0v) is 71.1. The maximum Gasteiger partial charge on any atom is 1.00 e. The summed E-state index contributed by atoms with van der Waals surface area (Å²) in [7, 11) is -1.05. The molecule has 1 aliphatic heterocycles. The summed E-state index contributed by atoms with van der Waals surface area (Å²) in [6.45, 7) is 14.6. The topological polar surface area (TPSA) is 209 Å². The number of nitrogens with one attached hydrogen (secondary N) is 5. The molecule has 5 saturated carbocycles. The van der Waals surface area contributed by atoms with Gasteiger partial charge >= 0.3 is 35.2 Å². The van der Waals surface area contributed by atoms with Gasteiger partial charge in [-0.3, -0.25) is 4.79 Å². The maximum atomic E-state index is 10.5. The summed E-state index contributed by atoms with van der Waals surface area (Å²) >= 11 is 7.05. The van der Waals surface area contributed by atoms with E-state index in [1.165, 1.54) is 220 Å². The molecular formula is C88H115Br2N12NaO3Si+2. The Bertz CT molecular complexity index is 4590. The van der Waals surface area contributed by atoms with Crippen molar-refractivity contribution in [1.29, 1.82) is 0 Å². The van der Waals surface area contributed by atoms with Crippen LogP contribution in [0.4, 0.5) is 5.82 Å². The Labute approximate surface area is 675 Å². The predicted molar refractivity (Wildman–Crippen MR) is 445 cm³/mol. The molecule has 0 unspecified atom stereocenters. The number of pyridine rings is 6. The van der Waals surface area contributed by atoms with Crippen LogP contribution >= 0.6 is 31.9 Å². The molecular weight excluding hydrogens is 1480 g/mol. The Morgan fingerprint density at radius 2 is 0.981 bits per heavy atom. The number of nitrogens with zero attached hydrogens (tertiary/aromatic N) is 7. The third-order valence-electron chi connectivity index (χ3n) is 23.4. The Kier molecular flexibility index (Phi) is 32.1. The number of halogens is 2. The molecule has 0 spiro atoms. The van der Waals surface area contributed by atoms with Gasteiger partial charge in [-0.15, -0.1) is 0 Å². The average molecular weight is 1600 g/mol. The molecule has 11 aromatic rings. The number of anilines is 1. The van der Waals surface area contributed by atoms with Crippen molar-refractivity contribution in [2.24, 2.45) is 0 Å². The van der Waals surface area contributed by atoms with E-state index in [0.29, 0.717) is 34.2 Å². The van der Waals surface area contributed by atoms with Crippen molar-refractivity contribution < 1.29 is 49.4 Å². The van der Waals surface area contributed by atoms with E-state index in [4.69, 9.17) is 10.1 Å². The number of ketones is 1. The van der Waals surface area contributed by atoms with Crippen LogP contribution in [0.15, 0.2) is 144 Å². The van der Waals surface area contributed by atoms with Crippen LogP contribution in [0.2, 0.25) is 16.6 Å². The summed E-state index contributed by atoms with van der Waals surface area (Å²) in [5.74, 6) is 4.25. The van der Waals surface area contributed by atoms with E-state index in [-0.39, 0.29) is 29.6 Å². The van der Waals surface area contributed by atoms with Crippen molar-refractivity contribution in [1.82, 2.24) is 49.1 Å². The number of hydrogen-bond donors (Lipinski definition) is 6. The Morgan fingerprint density at radius 3 is 1.53 bits per heavy atom. The van der Waals surface area contributed by atoms with Crippen LogP contribution in [0.25, 0.3) is 66.8 Å². The fourth-order valence-electron chi connectivity index (χ4n) is 18.4. The first-order valence-corrected chi connectivity index (χ1v) is 43.8. The average Bonchev–Trinajstić information content (AvgIpc) is 1.61. The van der Waals surface area contributed by atoms with Crippen molar-refractivity contribution in [3.63, 3.8) is 0 Å². The van der Waals surface area contributed by atoms with Crippen molar-refractivity contribution >= 4 is 119 Å². The fraction of sp³-hybridized carbons (Fsp3) is 0.489. The number of aromatic amines is 4. The van der Waals surface area contributed by atoms with Crippen molar-refractivity contribution in [2.75, 3.05) is 12.4 Å². The standard InChI is InChI=1S/C22H35BrN2Si.C13H15BrN2.C13H16N2O.C13H16N2.C13H14N2.C7H5N2.C6H10O.CH3O.Na/c1-15(2)26(16(3)4,17(5)6)25-14-20(18-10-8-7-9-11-18)19-12-13-21(23)24-22(19)25;14-12-7-6-10-11(8-15-13(10)16-12)9-4-2-1-3-5-9;16-15-8-4-7-11-12(9-14-13(11)15)10-5-2-1-3-6-10;2*1-2-5-10(6-3-1)12-9-15-13-11(12)7-4-8-14-13;1-2-6-3-5-9-7(6)8-4-1;7-6-4-2-1-3-5-6;1-2;/h12-18H,7-11H2,1-6H3;6-9H,1-5H2,(H,15,16);4,7-10,16H,1-3,5-6H2;4,7-10H,1-3,5-6H2,(H,14,15);4-5,7-9H,1-3,6H2,(H,14,15);1-4H,(H,8,9);1-5H2;1H3;/q;;;;;+1;;-1;+1/p+1. The second-order valence-electron chi connectivity index (χ2n) is 31.0. The van der Waals surface area contributed by atoms with Crippen molar-refractivity contribution in [3.05, 3.63) is 183 Å². The minimum absolute atomic E-state index is 0. The number of rotatable bonds is 9. The molecule has 0 radical (unpaired) electrons. The molecule has 6 aliphatic carbocycles. The number of carbonyl (C=O) groups is 1. The second kappa shape index (κ2) is 41.4. The molecule has 5 fully saturated rings. The van der Waals surface area contributed by atoms with Crippen molar-refractivity contribution in [2.45, 2.75) is 268 Å². The van der Waals surface area contributed by atoms with E-state index in [0.717, 1.165) is 93.2 Å². The van der Waals surface area contributed by atoms with Gasteiger partial charge in [0.05, 0.1) is 11.6 Å². The smallest absolute Gasteiger partial charge is 0.857 e. The van der Waals surface area contributed by atoms with E-state index in [9.17, 15) is 10.0 Å². The molecule has 7 aliphatic rings. The summed E-state index contributed by atoms with van der Waals surface area (Å²) in [5.41, 5.74) is 17.0. The van der Waals surface area contributed by atoms with Gasteiger partial charge < -0.3 is 29.5 Å². The summed E-state index contributed by atoms with van der Waals surface area (Å²) in [6, 6.07) is 24.9. The summed E-state index contributed by atoms with van der Waals surface area (Å²) < 4.78 is 5.73. The van der Waals surface area contributed by atoms with Crippen LogP contribution in [0.5, 0.6) is 0 Å². The number of carbonyl (C=O) groups excluding carboxylic acids is 1. The Morgan fingerprint density at radius 1 is 0.514 bits per heavy atom. The number of hydrogen-bond acceptors (Lipinski definition) is 9. The van der Waals surface area contributed by atoms with E-state index < -0.39 is 8.24 Å². The van der Waals surface area contributed by atoms with Gasteiger partial charge in [-0.1, -0.05) is 136 Å². The Hall–Kier alpha value is -6.60.